The quantitative estimate of drug-likeness (QED) is 0.309. The molecule has 1 aliphatic rings. The zero-order valence-electron chi connectivity index (χ0n) is 17.2. The molecule has 0 amide bonds. The van der Waals surface area contributed by atoms with Gasteiger partial charge in [-0.2, -0.15) is 0 Å². The van der Waals surface area contributed by atoms with E-state index in [1.165, 1.54) is 62.6 Å². The monoisotopic (exact) mass is 378 g/mol. The fourth-order valence-electron chi connectivity index (χ4n) is 4.86. The summed E-state index contributed by atoms with van der Waals surface area (Å²) < 4.78 is 5.62. The molecule has 0 bridgehead atoms. The summed E-state index contributed by atoms with van der Waals surface area (Å²) in [5.74, 6) is 0.919. The second-order valence-electron chi connectivity index (χ2n) is 7.92. The van der Waals surface area contributed by atoms with E-state index in [0.29, 0.717) is 0 Å². The van der Waals surface area contributed by atoms with Crippen molar-refractivity contribution < 1.29 is 4.74 Å². The SMILES string of the molecule is CCCCc1c2c(c(-c3ccccc3)c3cc(OC)ccc13)-c1ccccc1C2. The molecule has 1 nitrogen and oxygen atoms in total. The van der Waals surface area contributed by atoms with Gasteiger partial charge in [0.1, 0.15) is 5.75 Å². The molecule has 0 saturated heterocycles. The van der Waals surface area contributed by atoms with Crippen LogP contribution in [0.15, 0.2) is 72.8 Å². The summed E-state index contributed by atoms with van der Waals surface area (Å²) >= 11 is 0. The first-order valence-corrected chi connectivity index (χ1v) is 10.6. The summed E-state index contributed by atoms with van der Waals surface area (Å²) in [6.45, 7) is 2.28. The van der Waals surface area contributed by atoms with Crippen molar-refractivity contribution in [1.82, 2.24) is 0 Å². The average molecular weight is 379 g/mol. The van der Waals surface area contributed by atoms with Crippen molar-refractivity contribution in [2.75, 3.05) is 7.11 Å². The predicted molar refractivity (Wildman–Crippen MR) is 123 cm³/mol. The third-order valence-electron chi connectivity index (χ3n) is 6.23. The Hall–Kier alpha value is -3.06. The van der Waals surface area contributed by atoms with Gasteiger partial charge in [0.2, 0.25) is 0 Å². The van der Waals surface area contributed by atoms with E-state index in [0.717, 1.165) is 18.6 Å². The number of hydrogen-bond acceptors (Lipinski definition) is 1. The molecule has 1 heteroatoms. The van der Waals surface area contributed by atoms with E-state index in [2.05, 4.69) is 79.7 Å². The molecular formula is C28H26O. The second-order valence-corrected chi connectivity index (χ2v) is 7.92. The summed E-state index contributed by atoms with van der Waals surface area (Å²) in [5, 5.41) is 2.68. The minimum absolute atomic E-state index is 0.919. The number of fused-ring (bicyclic) bond motifs is 4. The highest BCUT2D eigenvalue weighted by molar-refractivity contribution is 6.09. The zero-order valence-corrected chi connectivity index (χ0v) is 17.2. The smallest absolute Gasteiger partial charge is 0.119 e. The Morgan fingerprint density at radius 3 is 2.41 bits per heavy atom. The average Bonchev–Trinajstić information content (AvgIpc) is 3.16. The van der Waals surface area contributed by atoms with E-state index >= 15 is 0 Å². The van der Waals surface area contributed by atoms with E-state index in [9.17, 15) is 0 Å². The second kappa shape index (κ2) is 7.40. The van der Waals surface area contributed by atoms with Crippen LogP contribution in [0, 0.1) is 0 Å². The van der Waals surface area contributed by atoms with Gasteiger partial charge in [-0.25, -0.2) is 0 Å². The Kier molecular flexibility index (Phi) is 4.60. The highest BCUT2D eigenvalue weighted by atomic mass is 16.5. The fraction of sp³-hybridized carbons (Fsp3) is 0.214. The maximum atomic E-state index is 5.62. The van der Waals surface area contributed by atoms with Crippen LogP contribution in [0.5, 0.6) is 5.75 Å². The molecule has 0 fully saturated rings. The molecule has 4 aromatic carbocycles. The minimum Gasteiger partial charge on any atom is -0.497 e. The molecule has 0 unspecified atom stereocenters. The van der Waals surface area contributed by atoms with Gasteiger partial charge in [0, 0.05) is 0 Å². The molecule has 0 N–H and O–H groups in total. The van der Waals surface area contributed by atoms with Gasteiger partial charge in [0.25, 0.3) is 0 Å². The number of ether oxygens (including phenoxy) is 1. The molecule has 144 valence electrons. The third kappa shape index (κ3) is 2.93. The van der Waals surface area contributed by atoms with Crippen LogP contribution >= 0.6 is 0 Å². The first kappa shape index (κ1) is 18.0. The van der Waals surface area contributed by atoms with Crippen molar-refractivity contribution >= 4 is 10.8 Å². The van der Waals surface area contributed by atoms with E-state index in [-0.39, 0.29) is 0 Å². The van der Waals surface area contributed by atoms with Gasteiger partial charge >= 0.3 is 0 Å². The first-order valence-electron chi connectivity index (χ1n) is 10.6. The Bertz CT molecular complexity index is 1190. The predicted octanol–water partition coefficient (Wildman–Crippen LogP) is 7.43. The van der Waals surface area contributed by atoms with Gasteiger partial charge in [-0.15, -0.1) is 0 Å². The van der Waals surface area contributed by atoms with Gasteiger partial charge in [-0.1, -0.05) is 74.0 Å². The molecule has 0 radical (unpaired) electrons. The number of unbranched alkanes of at least 4 members (excludes halogenated alkanes) is 1. The zero-order chi connectivity index (χ0) is 19.8. The lowest BCUT2D eigenvalue weighted by atomic mass is 9.84. The van der Waals surface area contributed by atoms with E-state index in [1.54, 1.807) is 7.11 Å². The molecule has 0 heterocycles. The summed E-state index contributed by atoms with van der Waals surface area (Å²) in [6, 6.07) is 26.4. The Morgan fingerprint density at radius 2 is 1.62 bits per heavy atom. The summed E-state index contributed by atoms with van der Waals surface area (Å²) in [5.41, 5.74) is 9.94. The molecular weight excluding hydrogens is 352 g/mol. The van der Waals surface area contributed by atoms with E-state index in [4.69, 9.17) is 4.74 Å². The molecule has 0 spiro atoms. The molecule has 29 heavy (non-hydrogen) atoms. The highest BCUT2D eigenvalue weighted by Crippen LogP contribution is 2.49. The highest BCUT2D eigenvalue weighted by Gasteiger charge is 2.27. The van der Waals surface area contributed by atoms with Gasteiger partial charge in [-0.05, 0) is 81.1 Å². The molecule has 4 aromatic rings. The van der Waals surface area contributed by atoms with Crippen LogP contribution in [0.1, 0.15) is 36.5 Å². The minimum atomic E-state index is 0.919. The molecule has 1 aliphatic carbocycles. The molecule has 0 atom stereocenters. The van der Waals surface area contributed by atoms with Crippen LogP contribution in [0.2, 0.25) is 0 Å². The van der Waals surface area contributed by atoms with Crippen molar-refractivity contribution in [2.24, 2.45) is 0 Å². The maximum absolute atomic E-state index is 5.62. The maximum Gasteiger partial charge on any atom is 0.119 e. The standard InChI is InChI=1S/C28H26O/c1-3-4-13-23-24-16-15-21(29-2)18-26(24)27(19-10-6-5-7-11-19)28-22-14-9-8-12-20(22)17-25(23)28/h5-12,14-16,18H,3-4,13,17H2,1-2H3. The van der Waals surface area contributed by atoms with Crippen molar-refractivity contribution in [2.45, 2.75) is 32.6 Å². The largest absolute Gasteiger partial charge is 0.497 e. The van der Waals surface area contributed by atoms with Gasteiger partial charge in [0.05, 0.1) is 7.11 Å². The summed E-state index contributed by atoms with van der Waals surface area (Å²) in [7, 11) is 1.75. The Labute approximate surface area is 173 Å². The Morgan fingerprint density at radius 1 is 0.828 bits per heavy atom. The van der Waals surface area contributed by atoms with Crippen LogP contribution < -0.4 is 4.74 Å². The number of aryl methyl sites for hydroxylation is 1. The normalized spacial score (nSPS) is 12.1. The molecule has 5 rings (SSSR count). The third-order valence-corrected chi connectivity index (χ3v) is 6.23. The first-order chi connectivity index (χ1) is 14.3. The van der Waals surface area contributed by atoms with Crippen molar-refractivity contribution in [3.63, 3.8) is 0 Å². The number of benzene rings is 4. The van der Waals surface area contributed by atoms with Crippen LogP contribution in [0.25, 0.3) is 33.0 Å². The van der Waals surface area contributed by atoms with Crippen LogP contribution in [0.3, 0.4) is 0 Å². The Balaban J connectivity index is 1.93. The lowest BCUT2D eigenvalue weighted by Crippen LogP contribution is -1.99. The lowest BCUT2D eigenvalue weighted by Gasteiger charge is -2.20. The fourth-order valence-corrected chi connectivity index (χ4v) is 4.86. The molecule has 0 saturated carbocycles. The number of methoxy groups -OCH3 is 1. The van der Waals surface area contributed by atoms with Crippen molar-refractivity contribution in [3.8, 4) is 28.0 Å². The van der Waals surface area contributed by atoms with Crippen LogP contribution in [-0.2, 0) is 12.8 Å². The van der Waals surface area contributed by atoms with Crippen molar-refractivity contribution in [3.05, 3.63) is 89.5 Å². The van der Waals surface area contributed by atoms with Gasteiger partial charge in [0.15, 0.2) is 0 Å². The summed E-state index contributed by atoms with van der Waals surface area (Å²) in [6.07, 6.45) is 4.59. The topological polar surface area (TPSA) is 9.23 Å². The van der Waals surface area contributed by atoms with E-state index in [1.807, 2.05) is 0 Å². The van der Waals surface area contributed by atoms with Crippen LogP contribution in [-0.4, -0.2) is 7.11 Å². The van der Waals surface area contributed by atoms with E-state index < -0.39 is 0 Å². The summed E-state index contributed by atoms with van der Waals surface area (Å²) in [4.78, 5) is 0. The van der Waals surface area contributed by atoms with Crippen molar-refractivity contribution in [1.29, 1.82) is 0 Å². The molecule has 0 aromatic heterocycles. The number of rotatable bonds is 5. The van der Waals surface area contributed by atoms with Gasteiger partial charge < -0.3 is 4.74 Å². The van der Waals surface area contributed by atoms with Crippen LogP contribution in [0.4, 0.5) is 0 Å². The lowest BCUT2D eigenvalue weighted by molar-refractivity contribution is 0.415. The molecule has 0 aliphatic heterocycles. The van der Waals surface area contributed by atoms with Gasteiger partial charge in [-0.3, -0.25) is 0 Å². The number of hydrogen-bond donors (Lipinski definition) is 0.